The summed E-state index contributed by atoms with van der Waals surface area (Å²) in [5.41, 5.74) is 1.27. The van der Waals surface area contributed by atoms with Crippen LogP contribution >= 0.6 is 0 Å². The van der Waals surface area contributed by atoms with Crippen molar-refractivity contribution >= 4 is 5.91 Å². The van der Waals surface area contributed by atoms with Gasteiger partial charge in [0.2, 0.25) is 5.91 Å². The minimum absolute atomic E-state index is 0.232. The van der Waals surface area contributed by atoms with Gasteiger partial charge in [-0.25, -0.2) is 0 Å². The summed E-state index contributed by atoms with van der Waals surface area (Å²) in [7, 11) is 0. The predicted molar refractivity (Wildman–Crippen MR) is 86.9 cm³/mol. The number of amides is 1. The normalized spacial score (nSPS) is 19.9. The number of nitrogens with zero attached hydrogens (tertiary/aromatic N) is 1. The number of carbonyl (C=O) groups excluding carboxylic acids is 1. The second-order valence-corrected chi connectivity index (χ2v) is 6.28. The molecule has 1 aromatic rings. The molecular weight excluding hydrogens is 276 g/mol. The number of nitrogens with one attached hydrogen (secondary N) is 1. The summed E-state index contributed by atoms with van der Waals surface area (Å²) in [5.74, 6) is 1.42. The van der Waals surface area contributed by atoms with Gasteiger partial charge in [0, 0.05) is 12.5 Å². The van der Waals surface area contributed by atoms with E-state index in [4.69, 9.17) is 4.74 Å². The maximum atomic E-state index is 11.9. The van der Waals surface area contributed by atoms with Crippen LogP contribution in [0.2, 0.25) is 0 Å². The highest BCUT2D eigenvalue weighted by molar-refractivity contribution is 5.80. The van der Waals surface area contributed by atoms with Crippen molar-refractivity contribution in [1.29, 1.82) is 0 Å². The van der Waals surface area contributed by atoms with Crippen LogP contribution in [-0.2, 0) is 4.79 Å². The van der Waals surface area contributed by atoms with Gasteiger partial charge in [-0.1, -0.05) is 12.1 Å². The first-order chi connectivity index (χ1) is 10.8. The summed E-state index contributed by atoms with van der Waals surface area (Å²) in [4.78, 5) is 14.4. The van der Waals surface area contributed by atoms with Gasteiger partial charge in [0.05, 0.1) is 12.6 Å². The second kappa shape index (κ2) is 7.14. The monoisotopic (exact) mass is 302 g/mol. The van der Waals surface area contributed by atoms with E-state index in [9.17, 15) is 4.79 Å². The van der Waals surface area contributed by atoms with Crippen LogP contribution < -0.4 is 10.1 Å². The lowest BCUT2D eigenvalue weighted by Crippen LogP contribution is -2.37. The molecule has 22 heavy (non-hydrogen) atoms. The zero-order valence-corrected chi connectivity index (χ0v) is 13.4. The van der Waals surface area contributed by atoms with E-state index in [0.29, 0.717) is 13.2 Å². The Morgan fingerprint density at radius 3 is 2.55 bits per heavy atom. The predicted octanol–water partition coefficient (Wildman–Crippen LogP) is 2.75. The molecule has 1 aromatic carbocycles. The van der Waals surface area contributed by atoms with Crippen molar-refractivity contribution in [2.75, 3.05) is 26.2 Å². The minimum Gasteiger partial charge on any atom is -0.494 e. The van der Waals surface area contributed by atoms with Crippen LogP contribution in [-0.4, -0.2) is 37.0 Å². The van der Waals surface area contributed by atoms with E-state index in [2.05, 4.69) is 22.3 Å². The molecule has 1 atom stereocenters. The third-order valence-electron chi connectivity index (χ3n) is 4.58. The minimum atomic E-state index is 0.232. The summed E-state index contributed by atoms with van der Waals surface area (Å²) in [5, 5.41) is 3.15. The number of likely N-dealkylation sites (tertiary alicyclic amines) is 1. The standard InChI is InChI=1S/C18H26N2O2/c1-2-22-16-9-7-14(8-10-16)17(20-11-3-4-12-20)13-19-18(21)15-5-6-15/h7-10,15,17H,2-6,11-13H2,1H3,(H,19,21). The fourth-order valence-electron chi connectivity index (χ4n) is 3.15. The van der Waals surface area contributed by atoms with E-state index >= 15 is 0 Å². The number of ether oxygens (including phenoxy) is 1. The van der Waals surface area contributed by atoms with Crippen LogP contribution in [0, 0.1) is 5.92 Å². The van der Waals surface area contributed by atoms with Gasteiger partial charge in [0.25, 0.3) is 0 Å². The molecule has 0 spiro atoms. The Kier molecular flexibility index (Phi) is 4.98. The van der Waals surface area contributed by atoms with E-state index in [-0.39, 0.29) is 17.9 Å². The average Bonchev–Trinajstić information content (AvgIpc) is 3.26. The Morgan fingerprint density at radius 1 is 1.27 bits per heavy atom. The molecule has 1 aliphatic carbocycles. The van der Waals surface area contributed by atoms with E-state index < -0.39 is 0 Å². The molecule has 1 unspecified atom stereocenters. The molecule has 2 aliphatic rings. The first-order valence-electron chi connectivity index (χ1n) is 8.52. The lowest BCUT2D eigenvalue weighted by Gasteiger charge is -2.28. The number of carbonyl (C=O) groups is 1. The smallest absolute Gasteiger partial charge is 0.223 e. The van der Waals surface area contributed by atoms with Crippen LogP contribution in [0.15, 0.2) is 24.3 Å². The van der Waals surface area contributed by atoms with Crippen LogP contribution in [0.4, 0.5) is 0 Å². The number of hydrogen-bond acceptors (Lipinski definition) is 3. The molecule has 1 saturated heterocycles. The van der Waals surface area contributed by atoms with Crippen molar-refractivity contribution in [3.63, 3.8) is 0 Å². The largest absolute Gasteiger partial charge is 0.494 e. The number of hydrogen-bond donors (Lipinski definition) is 1. The fraction of sp³-hybridized carbons (Fsp3) is 0.611. The van der Waals surface area contributed by atoms with E-state index in [1.165, 1.54) is 18.4 Å². The molecule has 2 fully saturated rings. The maximum absolute atomic E-state index is 11.9. The van der Waals surface area contributed by atoms with Crippen LogP contribution in [0.5, 0.6) is 5.75 Å². The molecular formula is C18H26N2O2. The Labute approximate surface area is 132 Å². The zero-order chi connectivity index (χ0) is 15.4. The molecule has 1 heterocycles. The van der Waals surface area contributed by atoms with Crippen molar-refractivity contribution in [1.82, 2.24) is 10.2 Å². The van der Waals surface area contributed by atoms with Gasteiger partial charge in [0.15, 0.2) is 0 Å². The number of benzene rings is 1. The Balaban J connectivity index is 1.67. The van der Waals surface area contributed by atoms with Crippen molar-refractivity contribution < 1.29 is 9.53 Å². The van der Waals surface area contributed by atoms with Gasteiger partial charge in [0.1, 0.15) is 5.75 Å². The Morgan fingerprint density at radius 2 is 1.95 bits per heavy atom. The third kappa shape index (κ3) is 3.80. The van der Waals surface area contributed by atoms with Crippen molar-refractivity contribution in [3.8, 4) is 5.75 Å². The lowest BCUT2D eigenvalue weighted by atomic mass is 10.1. The average molecular weight is 302 g/mol. The third-order valence-corrected chi connectivity index (χ3v) is 4.58. The molecule has 3 rings (SSSR count). The molecule has 120 valence electrons. The quantitative estimate of drug-likeness (QED) is 0.842. The molecule has 4 nitrogen and oxygen atoms in total. The molecule has 1 saturated carbocycles. The SMILES string of the molecule is CCOc1ccc(C(CNC(=O)C2CC2)N2CCCC2)cc1. The van der Waals surface area contributed by atoms with Gasteiger partial charge < -0.3 is 10.1 Å². The molecule has 1 amide bonds. The van der Waals surface area contributed by atoms with E-state index in [1.54, 1.807) is 0 Å². The highest BCUT2D eigenvalue weighted by Gasteiger charge is 2.31. The topological polar surface area (TPSA) is 41.6 Å². The lowest BCUT2D eigenvalue weighted by molar-refractivity contribution is -0.122. The van der Waals surface area contributed by atoms with E-state index in [0.717, 1.165) is 31.7 Å². The van der Waals surface area contributed by atoms with Crippen molar-refractivity contribution in [2.45, 2.75) is 38.6 Å². The summed E-state index contributed by atoms with van der Waals surface area (Å²) in [6, 6.07) is 8.62. The van der Waals surface area contributed by atoms with Gasteiger partial charge >= 0.3 is 0 Å². The van der Waals surface area contributed by atoms with Gasteiger partial charge in [-0.2, -0.15) is 0 Å². The second-order valence-electron chi connectivity index (χ2n) is 6.28. The molecule has 0 aromatic heterocycles. The number of rotatable bonds is 7. The van der Waals surface area contributed by atoms with Crippen molar-refractivity contribution in [2.24, 2.45) is 5.92 Å². The van der Waals surface area contributed by atoms with Gasteiger partial charge in [-0.15, -0.1) is 0 Å². The summed E-state index contributed by atoms with van der Waals surface area (Å²) >= 11 is 0. The fourth-order valence-corrected chi connectivity index (χ4v) is 3.15. The molecule has 0 bridgehead atoms. The first-order valence-corrected chi connectivity index (χ1v) is 8.52. The summed E-state index contributed by atoms with van der Waals surface area (Å²) < 4.78 is 5.52. The highest BCUT2D eigenvalue weighted by atomic mass is 16.5. The highest BCUT2D eigenvalue weighted by Crippen LogP contribution is 2.30. The molecule has 1 aliphatic heterocycles. The van der Waals surface area contributed by atoms with Crippen LogP contribution in [0.25, 0.3) is 0 Å². The van der Waals surface area contributed by atoms with E-state index in [1.807, 2.05) is 19.1 Å². The first kappa shape index (κ1) is 15.3. The summed E-state index contributed by atoms with van der Waals surface area (Å²) in [6.07, 6.45) is 4.63. The summed E-state index contributed by atoms with van der Waals surface area (Å²) in [6.45, 7) is 5.64. The van der Waals surface area contributed by atoms with Gasteiger partial charge in [-0.3, -0.25) is 9.69 Å². The molecule has 4 heteroatoms. The molecule has 0 radical (unpaired) electrons. The maximum Gasteiger partial charge on any atom is 0.223 e. The van der Waals surface area contributed by atoms with Crippen molar-refractivity contribution in [3.05, 3.63) is 29.8 Å². The van der Waals surface area contributed by atoms with Gasteiger partial charge in [-0.05, 0) is 63.4 Å². The Hall–Kier alpha value is -1.55. The van der Waals surface area contributed by atoms with Crippen LogP contribution in [0.3, 0.4) is 0 Å². The zero-order valence-electron chi connectivity index (χ0n) is 13.4. The van der Waals surface area contributed by atoms with Crippen LogP contribution in [0.1, 0.15) is 44.2 Å². The molecule has 1 N–H and O–H groups in total. The Bertz CT molecular complexity index is 490.